The van der Waals surface area contributed by atoms with Crippen LogP contribution >= 0.6 is 0 Å². The highest BCUT2D eigenvalue weighted by Gasteiger charge is 2.20. The fourth-order valence-electron chi connectivity index (χ4n) is 2.81. The molecule has 0 amide bonds. The first-order chi connectivity index (χ1) is 9.58. The highest BCUT2D eigenvalue weighted by atomic mass is 15.1. The first-order valence-corrected chi connectivity index (χ1v) is 7.14. The number of benzene rings is 2. The summed E-state index contributed by atoms with van der Waals surface area (Å²) in [6.45, 7) is 5.11. The van der Waals surface area contributed by atoms with Crippen LogP contribution in [0.1, 0.15) is 29.7 Å². The number of hydrogen-bond donors (Lipinski definition) is 1. The summed E-state index contributed by atoms with van der Waals surface area (Å²) in [7, 11) is 2.14. The maximum Gasteiger partial charge on any atom is 0.0496 e. The summed E-state index contributed by atoms with van der Waals surface area (Å²) >= 11 is 0. The summed E-state index contributed by atoms with van der Waals surface area (Å²) in [5.74, 6) is 0. The highest BCUT2D eigenvalue weighted by Crippen LogP contribution is 2.23. The lowest BCUT2D eigenvalue weighted by atomic mass is 9.99. The Morgan fingerprint density at radius 3 is 2.35 bits per heavy atom. The van der Waals surface area contributed by atoms with Gasteiger partial charge >= 0.3 is 0 Å². The Morgan fingerprint density at radius 1 is 1.05 bits per heavy atom. The van der Waals surface area contributed by atoms with Crippen molar-refractivity contribution in [3.8, 4) is 0 Å². The molecule has 2 heteroatoms. The number of hydrogen-bond acceptors (Lipinski definition) is 2. The van der Waals surface area contributed by atoms with E-state index in [4.69, 9.17) is 5.73 Å². The van der Waals surface area contributed by atoms with Crippen LogP contribution < -0.4 is 5.73 Å². The van der Waals surface area contributed by atoms with Crippen molar-refractivity contribution < 1.29 is 0 Å². The third-order valence-corrected chi connectivity index (χ3v) is 3.63. The van der Waals surface area contributed by atoms with Crippen molar-refractivity contribution in [2.45, 2.75) is 32.5 Å². The summed E-state index contributed by atoms with van der Waals surface area (Å²) in [6, 6.07) is 19.5. The van der Waals surface area contributed by atoms with Gasteiger partial charge in [-0.25, -0.2) is 0 Å². The normalized spacial score (nSPS) is 14.2. The first kappa shape index (κ1) is 14.8. The molecule has 2 rings (SSSR count). The van der Waals surface area contributed by atoms with E-state index in [-0.39, 0.29) is 12.1 Å². The first-order valence-electron chi connectivity index (χ1n) is 7.14. The SMILES string of the molecule is Cc1cccc(CN(C)C(c2ccccc2)C(C)N)c1. The van der Waals surface area contributed by atoms with Crippen LogP contribution in [0.15, 0.2) is 54.6 Å². The van der Waals surface area contributed by atoms with Crippen LogP contribution in [0.3, 0.4) is 0 Å². The molecule has 106 valence electrons. The average Bonchev–Trinajstić information content (AvgIpc) is 2.39. The second-order valence-electron chi connectivity index (χ2n) is 5.62. The fourth-order valence-corrected chi connectivity index (χ4v) is 2.81. The molecule has 2 atom stereocenters. The van der Waals surface area contributed by atoms with Gasteiger partial charge in [0.25, 0.3) is 0 Å². The van der Waals surface area contributed by atoms with Crippen LogP contribution in [0.5, 0.6) is 0 Å². The predicted molar refractivity (Wildman–Crippen MR) is 85.5 cm³/mol. The summed E-state index contributed by atoms with van der Waals surface area (Å²) < 4.78 is 0. The summed E-state index contributed by atoms with van der Waals surface area (Å²) in [6.07, 6.45) is 0. The summed E-state index contributed by atoms with van der Waals surface area (Å²) in [5, 5.41) is 0. The maximum absolute atomic E-state index is 6.21. The van der Waals surface area contributed by atoms with Crippen molar-refractivity contribution in [1.82, 2.24) is 4.90 Å². The molecule has 0 radical (unpaired) electrons. The number of nitrogens with zero attached hydrogens (tertiary/aromatic N) is 1. The molecular weight excluding hydrogens is 244 g/mol. The van der Waals surface area contributed by atoms with E-state index < -0.39 is 0 Å². The van der Waals surface area contributed by atoms with Gasteiger partial charge in [0, 0.05) is 18.6 Å². The molecule has 2 unspecified atom stereocenters. The van der Waals surface area contributed by atoms with Gasteiger partial charge in [0.2, 0.25) is 0 Å². The van der Waals surface area contributed by atoms with E-state index in [1.54, 1.807) is 0 Å². The van der Waals surface area contributed by atoms with Crippen molar-refractivity contribution in [2.75, 3.05) is 7.05 Å². The quantitative estimate of drug-likeness (QED) is 0.899. The minimum Gasteiger partial charge on any atom is -0.326 e. The molecule has 0 aliphatic carbocycles. The third-order valence-electron chi connectivity index (χ3n) is 3.63. The van der Waals surface area contributed by atoms with Crippen molar-refractivity contribution in [3.05, 3.63) is 71.3 Å². The molecular formula is C18H24N2. The monoisotopic (exact) mass is 268 g/mol. The van der Waals surface area contributed by atoms with Crippen molar-refractivity contribution in [3.63, 3.8) is 0 Å². The zero-order valence-electron chi connectivity index (χ0n) is 12.6. The van der Waals surface area contributed by atoms with Crippen LogP contribution in [0.25, 0.3) is 0 Å². The Kier molecular flexibility index (Phi) is 4.94. The lowest BCUT2D eigenvalue weighted by Crippen LogP contribution is -2.36. The molecule has 0 bridgehead atoms. The second-order valence-corrected chi connectivity index (χ2v) is 5.62. The van der Waals surface area contributed by atoms with E-state index in [1.807, 2.05) is 6.07 Å². The standard InChI is InChI=1S/C18H24N2/c1-14-8-7-9-16(12-14)13-20(3)18(15(2)19)17-10-5-4-6-11-17/h4-12,15,18H,13,19H2,1-3H3. The van der Waals surface area contributed by atoms with E-state index in [1.165, 1.54) is 16.7 Å². The van der Waals surface area contributed by atoms with Gasteiger partial charge in [-0.2, -0.15) is 0 Å². The fraction of sp³-hybridized carbons (Fsp3) is 0.333. The largest absolute Gasteiger partial charge is 0.326 e. The minimum absolute atomic E-state index is 0.0900. The third kappa shape index (κ3) is 3.69. The molecule has 0 fully saturated rings. The molecule has 2 N–H and O–H groups in total. The highest BCUT2D eigenvalue weighted by molar-refractivity contribution is 5.24. The lowest BCUT2D eigenvalue weighted by molar-refractivity contribution is 0.211. The van der Waals surface area contributed by atoms with Crippen LogP contribution in [0, 0.1) is 6.92 Å². The van der Waals surface area contributed by atoms with E-state index >= 15 is 0 Å². The molecule has 0 spiro atoms. The molecule has 0 aliphatic rings. The summed E-state index contributed by atoms with van der Waals surface area (Å²) in [4.78, 5) is 2.33. The van der Waals surface area contributed by atoms with Gasteiger partial charge in [-0.15, -0.1) is 0 Å². The van der Waals surface area contributed by atoms with E-state index in [0.717, 1.165) is 6.54 Å². The smallest absolute Gasteiger partial charge is 0.0496 e. The van der Waals surface area contributed by atoms with Gasteiger partial charge in [0.1, 0.15) is 0 Å². The zero-order chi connectivity index (χ0) is 14.5. The maximum atomic E-state index is 6.21. The number of aryl methyl sites for hydroxylation is 1. The number of nitrogens with two attached hydrogens (primary N) is 1. The lowest BCUT2D eigenvalue weighted by Gasteiger charge is -2.31. The molecule has 0 heterocycles. The topological polar surface area (TPSA) is 29.3 Å². The molecule has 2 nitrogen and oxygen atoms in total. The van der Waals surface area contributed by atoms with Crippen molar-refractivity contribution >= 4 is 0 Å². The van der Waals surface area contributed by atoms with Crippen LogP contribution in [0.4, 0.5) is 0 Å². The van der Waals surface area contributed by atoms with Gasteiger partial charge in [-0.3, -0.25) is 4.90 Å². The van der Waals surface area contributed by atoms with Gasteiger partial charge in [-0.1, -0.05) is 60.2 Å². The molecule has 20 heavy (non-hydrogen) atoms. The second kappa shape index (κ2) is 6.69. The molecule has 0 saturated heterocycles. The Labute approximate surface area is 122 Å². The van der Waals surface area contributed by atoms with Gasteiger partial charge < -0.3 is 5.73 Å². The van der Waals surface area contributed by atoms with Gasteiger partial charge in [0.05, 0.1) is 0 Å². The number of rotatable bonds is 5. The van der Waals surface area contributed by atoms with Gasteiger partial charge in [0.15, 0.2) is 0 Å². The number of likely N-dealkylation sites (N-methyl/N-ethyl adjacent to an activating group) is 1. The predicted octanol–water partition coefficient (Wildman–Crippen LogP) is 3.52. The van der Waals surface area contributed by atoms with Crippen LogP contribution in [-0.2, 0) is 6.54 Å². The molecule has 2 aromatic carbocycles. The average molecular weight is 268 g/mol. The van der Waals surface area contributed by atoms with Crippen LogP contribution in [0.2, 0.25) is 0 Å². The van der Waals surface area contributed by atoms with E-state index in [9.17, 15) is 0 Å². The molecule has 0 saturated carbocycles. The molecule has 0 aromatic heterocycles. The zero-order valence-corrected chi connectivity index (χ0v) is 12.6. The minimum atomic E-state index is 0.0900. The molecule has 0 aliphatic heterocycles. The summed E-state index contributed by atoms with van der Waals surface area (Å²) in [5.41, 5.74) is 10.1. The van der Waals surface area contributed by atoms with Crippen molar-refractivity contribution in [1.29, 1.82) is 0 Å². The Hall–Kier alpha value is -1.64. The molecule has 2 aromatic rings. The van der Waals surface area contributed by atoms with Crippen molar-refractivity contribution in [2.24, 2.45) is 5.73 Å². The van der Waals surface area contributed by atoms with E-state index in [0.29, 0.717) is 0 Å². The Bertz CT molecular complexity index is 534. The van der Waals surface area contributed by atoms with Gasteiger partial charge in [-0.05, 0) is 32.0 Å². The van der Waals surface area contributed by atoms with Crippen LogP contribution in [-0.4, -0.2) is 18.0 Å². The Morgan fingerprint density at radius 2 is 1.75 bits per heavy atom. The van der Waals surface area contributed by atoms with E-state index in [2.05, 4.69) is 74.3 Å². The Balaban J connectivity index is 2.18.